The number of hydrogen-bond donors (Lipinski definition) is 1. The Morgan fingerprint density at radius 2 is 1.96 bits per heavy atom. The minimum absolute atomic E-state index is 0.0470. The number of amides is 2. The molecule has 2 heterocycles. The summed E-state index contributed by atoms with van der Waals surface area (Å²) in [4.78, 5) is 31.4. The van der Waals surface area contributed by atoms with Gasteiger partial charge in [-0.2, -0.15) is 0 Å². The second kappa shape index (κ2) is 6.83. The van der Waals surface area contributed by atoms with E-state index < -0.39 is 0 Å². The highest BCUT2D eigenvalue weighted by molar-refractivity contribution is 5.94. The fraction of sp³-hybridized carbons (Fsp3) is 0.476. The van der Waals surface area contributed by atoms with Crippen molar-refractivity contribution in [2.45, 2.75) is 25.7 Å². The fourth-order valence-corrected chi connectivity index (χ4v) is 3.92. The van der Waals surface area contributed by atoms with Crippen LogP contribution < -0.4 is 5.32 Å². The zero-order valence-corrected chi connectivity index (χ0v) is 15.9. The van der Waals surface area contributed by atoms with Crippen LogP contribution in [0.3, 0.4) is 0 Å². The Morgan fingerprint density at radius 1 is 1.22 bits per heavy atom. The standard InChI is InChI=1S/C21H26N4O2/c1-21(8-9-21)20(27)23-10-16-12-25(19(26)15-6-4-3-5-7-15)13-17(16)18-11-22-14-24(18)2/h3-7,11,14,16-17H,8-10,12-13H2,1-2H3,(H,23,27)/t16-,17-/m1/s1. The van der Waals surface area contributed by atoms with Gasteiger partial charge in [-0.1, -0.05) is 25.1 Å². The number of nitrogens with one attached hydrogen (secondary N) is 1. The lowest BCUT2D eigenvalue weighted by molar-refractivity contribution is -0.125. The van der Waals surface area contributed by atoms with Crippen molar-refractivity contribution in [2.24, 2.45) is 18.4 Å². The van der Waals surface area contributed by atoms with Crippen LogP contribution >= 0.6 is 0 Å². The van der Waals surface area contributed by atoms with Crippen molar-refractivity contribution in [3.8, 4) is 0 Å². The number of carbonyl (C=O) groups is 2. The molecule has 6 heteroatoms. The fourth-order valence-electron chi connectivity index (χ4n) is 3.92. The molecule has 0 spiro atoms. The average molecular weight is 366 g/mol. The highest BCUT2D eigenvalue weighted by Crippen LogP contribution is 2.45. The van der Waals surface area contributed by atoms with Gasteiger partial charge in [-0.3, -0.25) is 9.59 Å². The first kappa shape index (κ1) is 17.8. The molecule has 27 heavy (non-hydrogen) atoms. The van der Waals surface area contributed by atoms with E-state index >= 15 is 0 Å². The smallest absolute Gasteiger partial charge is 0.253 e. The number of aromatic nitrogens is 2. The van der Waals surface area contributed by atoms with Gasteiger partial charge in [0, 0.05) is 61.4 Å². The molecule has 1 N–H and O–H groups in total. The molecule has 2 amide bonds. The van der Waals surface area contributed by atoms with E-state index in [9.17, 15) is 9.59 Å². The van der Waals surface area contributed by atoms with Crippen LogP contribution in [-0.2, 0) is 11.8 Å². The second-order valence-corrected chi connectivity index (χ2v) is 8.14. The number of hydrogen-bond acceptors (Lipinski definition) is 3. The van der Waals surface area contributed by atoms with E-state index in [4.69, 9.17) is 0 Å². The lowest BCUT2D eigenvalue weighted by Crippen LogP contribution is -2.36. The number of carbonyl (C=O) groups excluding carboxylic acids is 2. The first-order valence-electron chi connectivity index (χ1n) is 9.57. The van der Waals surface area contributed by atoms with Crippen molar-refractivity contribution >= 4 is 11.8 Å². The van der Waals surface area contributed by atoms with Gasteiger partial charge < -0.3 is 14.8 Å². The van der Waals surface area contributed by atoms with Crippen molar-refractivity contribution < 1.29 is 9.59 Å². The van der Waals surface area contributed by atoms with Crippen molar-refractivity contribution in [3.63, 3.8) is 0 Å². The minimum atomic E-state index is -0.180. The number of imidazole rings is 1. The number of nitrogens with zero attached hydrogens (tertiary/aromatic N) is 3. The molecule has 1 saturated carbocycles. The van der Waals surface area contributed by atoms with Crippen LogP contribution in [0.2, 0.25) is 0 Å². The third-order valence-corrected chi connectivity index (χ3v) is 6.06. The Labute approximate surface area is 159 Å². The van der Waals surface area contributed by atoms with Crippen LogP contribution in [0, 0.1) is 11.3 Å². The van der Waals surface area contributed by atoms with Crippen molar-refractivity contribution in [1.29, 1.82) is 0 Å². The molecular weight excluding hydrogens is 340 g/mol. The molecule has 6 nitrogen and oxygen atoms in total. The highest BCUT2D eigenvalue weighted by Gasteiger charge is 2.45. The summed E-state index contributed by atoms with van der Waals surface area (Å²) in [7, 11) is 1.98. The molecule has 1 aromatic carbocycles. The molecule has 1 aromatic heterocycles. The maximum Gasteiger partial charge on any atom is 0.253 e. The summed E-state index contributed by atoms with van der Waals surface area (Å²) in [5.74, 6) is 0.529. The van der Waals surface area contributed by atoms with E-state index in [0.717, 1.165) is 18.5 Å². The largest absolute Gasteiger partial charge is 0.355 e. The summed E-state index contributed by atoms with van der Waals surface area (Å²) in [5.41, 5.74) is 1.63. The van der Waals surface area contributed by atoms with Gasteiger partial charge in [-0.15, -0.1) is 0 Å². The first-order chi connectivity index (χ1) is 13.0. The van der Waals surface area contributed by atoms with Gasteiger partial charge in [0.2, 0.25) is 5.91 Å². The quantitative estimate of drug-likeness (QED) is 0.882. The molecule has 0 bridgehead atoms. The molecule has 2 fully saturated rings. The number of likely N-dealkylation sites (tertiary alicyclic amines) is 1. The van der Waals surface area contributed by atoms with Gasteiger partial charge in [0.15, 0.2) is 0 Å². The van der Waals surface area contributed by atoms with Crippen molar-refractivity contribution in [1.82, 2.24) is 19.8 Å². The van der Waals surface area contributed by atoms with Gasteiger partial charge in [0.1, 0.15) is 0 Å². The van der Waals surface area contributed by atoms with E-state index in [1.54, 1.807) is 6.33 Å². The summed E-state index contributed by atoms with van der Waals surface area (Å²) >= 11 is 0. The van der Waals surface area contributed by atoms with E-state index in [0.29, 0.717) is 25.2 Å². The van der Waals surface area contributed by atoms with Gasteiger partial charge in [0.05, 0.1) is 6.33 Å². The molecule has 2 aromatic rings. The summed E-state index contributed by atoms with van der Waals surface area (Å²) < 4.78 is 2.01. The predicted molar refractivity (Wildman–Crippen MR) is 102 cm³/mol. The Balaban J connectivity index is 1.51. The third-order valence-electron chi connectivity index (χ3n) is 6.06. The van der Waals surface area contributed by atoms with Crippen LogP contribution in [0.4, 0.5) is 0 Å². The Hall–Kier alpha value is -2.63. The van der Waals surface area contributed by atoms with Crippen LogP contribution in [0.1, 0.15) is 41.7 Å². The molecule has 2 aliphatic rings. The van der Waals surface area contributed by atoms with Crippen LogP contribution in [-0.4, -0.2) is 45.9 Å². The third kappa shape index (κ3) is 3.48. The summed E-state index contributed by atoms with van der Waals surface area (Å²) in [5, 5.41) is 3.13. The Kier molecular flexibility index (Phi) is 4.50. The topological polar surface area (TPSA) is 67.2 Å². The van der Waals surface area contributed by atoms with Gasteiger partial charge in [-0.05, 0) is 25.0 Å². The zero-order valence-electron chi connectivity index (χ0n) is 15.9. The molecule has 1 saturated heterocycles. The molecule has 1 aliphatic heterocycles. The zero-order chi connectivity index (χ0) is 19.0. The molecule has 1 aliphatic carbocycles. The average Bonchev–Trinajstić information content (AvgIpc) is 3.10. The minimum Gasteiger partial charge on any atom is -0.355 e. The van der Waals surface area contributed by atoms with Gasteiger partial charge in [-0.25, -0.2) is 4.98 Å². The summed E-state index contributed by atoms with van der Waals surface area (Å²) in [6.45, 7) is 3.88. The summed E-state index contributed by atoms with van der Waals surface area (Å²) in [6.07, 6.45) is 5.59. The SMILES string of the molecule is Cn1cncc1[C@@H]1CN(C(=O)c2ccccc2)C[C@H]1CNC(=O)C1(C)CC1. The number of aryl methyl sites for hydroxylation is 1. The lowest BCUT2D eigenvalue weighted by Gasteiger charge is -2.20. The van der Waals surface area contributed by atoms with E-state index in [1.165, 1.54) is 0 Å². The van der Waals surface area contributed by atoms with Gasteiger partial charge in [0.25, 0.3) is 5.91 Å². The van der Waals surface area contributed by atoms with Crippen LogP contribution in [0.5, 0.6) is 0 Å². The second-order valence-electron chi connectivity index (χ2n) is 8.14. The monoisotopic (exact) mass is 366 g/mol. The number of benzene rings is 1. The van der Waals surface area contributed by atoms with Crippen molar-refractivity contribution in [2.75, 3.05) is 19.6 Å². The van der Waals surface area contributed by atoms with Crippen LogP contribution in [0.15, 0.2) is 42.9 Å². The molecule has 142 valence electrons. The molecule has 4 rings (SSSR count). The Morgan fingerprint density at radius 3 is 2.59 bits per heavy atom. The number of rotatable bonds is 5. The van der Waals surface area contributed by atoms with E-state index in [-0.39, 0.29) is 29.1 Å². The molecular formula is C21H26N4O2. The predicted octanol–water partition coefficient (Wildman–Crippen LogP) is 2.19. The first-order valence-corrected chi connectivity index (χ1v) is 9.57. The lowest BCUT2D eigenvalue weighted by atomic mass is 9.92. The Bertz CT molecular complexity index is 841. The van der Waals surface area contributed by atoms with E-state index in [2.05, 4.69) is 10.3 Å². The maximum absolute atomic E-state index is 12.9. The van der Waals surface area contributed by atoms with E-state index in [1.807, 2.05) is 60.0 Å². The highest BCUT2D eigenvalue weighted by atomic mass is 16.2. The summed E-state index contributed by atoms with van der Waals surface area (Å²) in [6, 6.07) is 9.39. The molecule has 0 radical (unpaired) electrons. The van der Waals surface area contributed by atoms with Crippen LogP contribution in [0.25, 0.3) is 0 Å². The maximum atomic E-state index is 12.9. The molecule has 2 atom stereocenters. The normalized spacial score (nSPS) is 23.3. The van der Waals surface area contributed by atoms with Crippen molar-refractivity contribution in [3.05, 3.63) is 54.1 Å². The molecule has 0 unspecified atom stereocenters. The van der Waals surface area contributed by atoms with Gasteiger partial charge >= 0.3 is 0 Å².